The third-order valence-electron chi connectivity index (χ3n) is 13.3. The molecule has 256 valence electrons. The maximum atomic E-state index is 15.6. The lowest BCUT2D eigenvalue weighted by molar-refractivity contribution is -0.424. The summed E-state index contributed by atoms with van der Waals surface area (Å²) in [6, 6.07) is 2.39. The van der Waals surface area contributed by atoms with Crippen LogP contribution in [0.1, 0.15) is 117 Å². The molecule has 1 aromatic carbocycles. The van der Waals surface area contributed by atoms with Crippen LogP contribution in [-0.4, -0.2) is 18.1 Å². The Bertz CT molecular complexity index is 1210. The monoisotopic (exact) mass is 644 g/mol. The van der Waals surface area contributed by atoms with E-state index >= 15 is 26.3 Å². The molecule has 4 N–H and O–H groups in total. The van der Waals surface area contributed by atoms with Gasteiger partial charge >= 0.3 is 18.0 Å². The van der Waals surface area contributed by atoms with Crippen LogP contribution in [0.3, 0.4) is 0 Å². The third kappa shape index (κ3) is 5.67. The van der Waals surface area contributed by atoms with Gasteiger partial charge in [-0.15, -0.1) is 0 Å². The highest BCUT2D eigenvalue weighted by Crippen LogP contribution is 2.69. The van der Waals surface area contributed by atoms with Crippen LogP contribution >= 0.6 is 0 Å². The fourth-order valence-corrected chi connectivity index (χ4v) is 11.0. The predicted molar refractivity (Wildman–Crippen MR) is 167 cm³/mol. The molecular weight excluding hydrogens is 590 g/mol. The Balaban J connectivity index is 1.38. The van der Waals surface area contributed by atoms with Gasteiger partial charge in [-0.2, -0.15) is 26.3 Å². The largest absolute Gasteiger partial charge is 0.426 e. The van der Waals surface area contributed by atoms with Gasteiger partial charge in [0.25, 0.3) is 0 Å². The Kier molecular flexibility index (Phi) is 9.33. The molecule has 0 heterocycles. The third-order valence-corrected chi connectivity index (χ3v) is 13.3. The molecule has 1 aromatic rings. The van der Waals surface area contributed by atoms with Gasteiger partial charge in [-0.1, -0.05) is 60.3 Å². The van der Waals surface area contributed by atoms with Crippen molar-refractivity contribution < 1.29 is 31.1 Å². The van der Waals surface area contributed by atoms with Crippen molar-refractivity contribution in [2.24, 2.45) is 52.3 Å². The molecule has 4 aliphatic carbocycles. The Hall–Kier alpha value is -1.64. The minimum atomic E-state index is -5.84. The van der Waals surface area contributed by atoms with E-state index < -0.39 is 40.7 Å². The summed E-state index contributed by atoms with van der Waals surface area (Å²) in [7, 11) is 0. The van der Waals surface area contributed by atoms with Crippen LogP contribution in [0.25, 0.3) is 0 Å². The molecule has 0 aromatic heterocycles. The summed E-state index contributed by atoms with van der Waals surface area (Å²) in [6.45, 7) is 11.3. The molecular formula is C36H54F6N2O. The summed E-state index contributed by atoms with van der Waals surface area (Å²) >= 11 is 0. The second-order valence-corrected chi connectivity index (χ2v) is 16.1. The van der Waals surface area contributed by atoms with Crippen LogP contribution in [-0.2, 0) is 10.7 Å². The smallest absolute Gasteiger partial charge is 0.399 e. The van der Waals surface area contributed by atoms with Crippen LogP contribution in [0.2, 0.25) is 0 Å². The molecule has 0 radical (unpaired) electrons. The first-order valence-electron chi connectivity index (χ1n) is 17.3. The van der Waals surface area contributed by atoms with Gasteiger partial charge in [-0.3, -0.25) is 0 Å². The van der Waals surface area contributed by atoms with Crippen molar-refractivity contribution in [3.8, 4) is 0 Å². The molecule has 45 heavy (non-hydrogen) atoms. The Morgan fingerprint density at radius 3 is 2.24 bits per heavy atom. The Morgan fingerprint density at radius 2 is 1.58 bits per heavy atom. The van der Waals surface area contributed by atoms with E-state index in [0.717, 1.165) is 50.7 Å². The summed E-state index contributed by atoms with van der Waals surface area (Å²) in [6.07, 6.45) is 4.43. The van der Waals surface area contributed by atoms with Crippen molar-refractivity contribution in [3.05, 3.63) is 23.8 Å². The SMILES string of the molecule is CC(C)CCC[C@@H](C)[C@H]1CC[C@H]2[C@@H]3CCC4CCCC(OC(F)(F)C(F)(F)C(F)(F)c5ccc(N)cc5N)[C@]4(C)[C@H]3CC[C@]12C. The lowest BCUT2D eigenvalue weighted by atomic mass is 9.44. The molecule has 2 unspecified atom stereocenters. The zero-order chi connectivity index (χ0) is 33.2. The number of hydrogen-bond donors (Lipinski definition) is 2. The zero-order valence-corrected chi connectivity index (χ0v) is 27.7. The molecule has 4 aliphatic rings. The van der Waals surface area contributed by atoms with Gasteiger partial charge in [0, 0.05) is 11.4 Å². The van der Waals surface area contributed by atoms with Gasteiger partial charge in [-0.25, -0.2) is 0 Å². The number of anilines is 2. The summed E-state index contributed by atoms with van der Waals surface area (Å²) in [5.41, 5.74) is 8.25. The first-order chi connectivity index (χ1) is 20.9. The van der Waals surface area contributed by atoms with Crippen molar-refractivity contribution in [1.29, 1.82) is 0 Å². The average Bonchev–Trinajstić information content (AvgIpc) is 3.30. The highest BCUT2D eigenvalue weighted by Gasteiger charge is 2.75. The topological polar surface area (TPSA) is 61.3 Å². The van der Waals surface area contributed by atoms with Gasteiger partial charge < -0.3 is 16.2 Å². The van der Waals surface area contributed by atoms with E-state index in [1.165, 1.54) is 25.7 Å². The lowest BCUT2D eigenvalue weighted by Crippen LogP contribution is -2.62. The number of alkyl halides is 6. The molecule has 0 amide bonds. The van der Waals surface area contributed by atoms with E-state index in [-0.39, 0.29) is 29.4 Å². The molecule has 3 nitrogen and oxygen atoms in total. The molecule has 0 saturated heterocycles. The van der Waals surface area contributed by atoms with Gasteiger partial charge in [0.15, 0.2) is 0 Å². The first kappa shape index (κ1) is 34.7. The average molecular weight is 645 g/mol. The van der Waals surface area contributed by atoms with Crippen LogP contribution in [0, 0.1) is 52.3 Å². The number of ether oxygens (including phenoxy) is 1. The van der Waals surface area contributed by atoms with E-state index in [2.05, 4.69) is 27.7 Å². The van der Waals surface area contributed by atoms with Crippen LogP contribution in [0.5, 0.6) is 0 Å². The number of hydrogen-bond acceptors (Lipinski definition) is 3. The molecule has 0 bridgehead atoms. The molecule has 0 aliphatic heterocycles. The molecule has 0 spiro atoms. The van der Waals surface area contributed by atoms with Crippen LogP contribution in [0.4, 0.5) is 37.7 Å². The summed E-state index contributed by atoms with van der Waals surface area (Å²) in [5, 5.41) is 0. The zero-order valence-electron chi connectivity index (χ0n) is 27.7. The van der Waals surface area contributed by atoms with Crippen molar-refractivity contribution >= 4 is 11.4 Å². The summed E-state index contributed by atoms with van der Waals surface area (Å²) < 4.78 is 97.4. The molecule has 4 saturated carbocycles. The van der Waals surface area contributed by atoms with Gasteiger partial charge in [-0.05, 0) is 122 Å². The molecule has 9 atom stereocenters. The van der Waals surface area contributed by atoms with Gasteiger partial charge in [0.2, 0.25) is 0 Å². The number of fused-ring (bicyclic) bond motifs is 5. The second kappa shape index (κ2) is 12.1. The van der Waals surface area contributed by atoms with Crippen molar-refractivity contribution in [3.63, 3.8) is 0 Å². The van der Waals surface area contributed by atoms with Crippen LogP contribution in [0.15, 0.2) is 18.2 Å². The number of halogens is 6. The molecule has 4 fully saturated rings. The lowest BCUT2D eigenvalue weighted by Gasteiger charge is -2.63. The summed E-state index contributed by atoms with van der Waals surface area (Å²) in [5.74, 6) is -8.38. The normalized spacial score (nSPS) is 36.4. The minimum Gasteiger partial charge on any atom is -0.399 e. The molecule has 5 rings (SSSR count). The number of benzene rings is 1. The standard InChI is InChI=1S/C36H54F6N2O/c1-21(2)8-6-9-22(3)26-16-17-27-25-14-12-23-10-7-11-31(33(23,5)28(25)18-19-32(26,27)4)45-36(41,42)35(39,40)34(37,38)29-15-13-24(43)20-30(29)44/h13,15,20-23,25-28,31H,6-12,14,16-19,43-44H2,1-5H3/t22-,23?,25+,26-,27+,28+,31?,32-,33+/m1/s1. The fraction of sp³-hybridized carbons (Fsp3) is 0.833. The van der Waals surface area contributed by atoms with Crippen molar-refractivity contribution in [2.45, 2.75) is 136 Å². The maximum Gasteiger partial charge on any atom is 0.426 e. The van der Waals surface area contributed by atoms with E-state index in [9.17, 15) is 0 Å². The van der Waals surface area contributed by atoms with Crippen molar-refractivity contribution in [2.75, 3.05) is 11.5 Å². The van der Waals surface area contributed by atoms with Gasteiger partial charge in [0.05, 0.1) is 11.7 Å². The van der Waals surface area contributed by atoms with Gasteiger partial charge in [0.1, 0.15) is 0 Å². The quantitative estimate of drug-likeness (QED) is 0.197. The number of nitrogens with two attached hydrogens (primary N) is 2. The first-order valence-corrected chi connectivity index (χ1v) is 17.3. The Labute approximate surface area is 265 Å². The predicted octanol–water partition coefficient (Wildman–Crippen LogP) is 10.7. The van der Waals surface area contributed by atoms with E-state index in [1.807, 2.05) is 6.92 Å². The summed E-state index contributed by atoms with van der Waals surface area (Å²) in [4.78, 5) is 0. The molecule has 9 heteroatoms. The van der Waals surface area contributed by atoms with Crippen LogP contribution < -0.4 is 11.5 Å². The minimum absolute atomic E-state index is 0.0340. The number of nitrogen functional groups attached to an aromatic ring is 2. The maximum absolute atomic E-state index is 15.6. The fourth-order valence-electron chi connectivity index (χ4n) is 11.0. The Morgan fingerprint density at radius 1 is 0.867 bits per heavy atom. The van der Waals surface area contributed by atoms with E-state index in [1.54, 1.807) is 0 Å². The van der Waals surface area contributed by atoms with E-state index in [4.69, 9.17) is 16.2 Å². The highest BCUT2D eigenvalue weighted by atomic mass is 19.3. The number of rotatable bonds is 10. The van der Waals surface area contributed by atoms with Crippen molar-refractivity contribution in [1.82, 2.24) is 0 Å². The van der Waals surface area contributed by atoms with E-state index in [0.29, 0.717) is 42.1 Å². The highest BCUT2D eigenvalue weighted by molar-refractivity contribution is 5.58. The second-order valence-electron chi connectivity index (χ2n) is 16.1.